The SMILES string of the molecule is CC(C)(CNC(=O)CCCCC(=O)O)N1CCc2ccccc2C1. The fraction of sp³-hybridized carbons (Fsp3) is 0.579. The second-order valence-electron chi connectivity index (χ2n) is 7.13. The van der Waals surface area contributed by atoms with Crippen molar-refractivity contribution in [2.75, 3.05) is 13.1 Å². The minimum Gasteiger partial charge on any atom is -0.481 e. The first kappa shape index (κ1) is 18.5. The van der Waals surface area contributed by atoms with Crippen LogP contribution in [0.25, 0.3) is 0 Å². The van der Waals surface area contributed by atoms with E-state index in [-0.39, 0.29) is 17.9 Å². The molecule has 5 nitrogen and oxygen atoms in total. The van der Waals surface area contributed by atoms with E-state index in [0.29, 0.717) is 25.8 Å². The van der Waals surface area contributed by atoms with Gasteiger partial charge in [0.05, 0.1) is 0 Å². The molecule has 1 aliphatic heterocycles. The molecule has 0 bridgehead atoms. The highest BCUT2D eigenvalue weighted by atomic mass is 16.4. The Morgan fingerprint density at radius 3 is 2.54 bits per heavy atom. The van der Waals surface area contributed by atoms with Crippen LogP contribution in [0.5, 0.6) is 0 Å². The predicted molar refractivity (Wildman–Crippen MR) is 93.7 cm³/mol. The molecular weight excluding hydrogens is 304 g/mol. The maximum absolute atomic E-state index is 11.9. The van der Waals surface area contributed by atoms with E-state index in [1.165, 1.54) is 11.1 Å². The highest BCUT2D eigenvalue weighted by Crippen LogP contribution is 2.24. The number of aliphatic carboxylic acids is 1. The molecule has 1 aromatic rings. The third-order valence-electron chi connectivity index (χ3n) is 4.75. The van der Waals surface area contributed by atoms with Crippen molar-refractivity contribution in [3.8, 4) is 0 Å². The topological polar surface area (TPSA) is 69.6 Å². The standard InChI is InChI=1S/C19H28N2O3/c1-19(2,14-20-17(22)9-5-6-10-18(23)24)21-12-11-15-7-3-4-8-16(15)13-21/h3-4,7-8H,5-6,9-14H2,1-2H3,(H,20,22)(H,23,24). The van der Waals surface area contributed by atoms with Gasteiger partial charge in [-0.05, 0) is 44.2 Å². The Labute approximate surface area is 144 Å². The van der Waals surface area contributed by atoms with Crippen molar-refractivity contribution in [3.63, 3.8) is 0 Å². The molecule has 5 heteroatoms. The first-order chi connectivity index (χ1) is 11.4. The van der Waals surface area contributed by atoms with Crippen molar-refractivity contribution < 1.29 is 14.7 Å². The Balaban J connectivity index is 1.77. The van der Waals surface area contributed by atoms with E-state index in [9.17, 15) is 9.59 Å². The first-order valence-electron chi connectivity index (χ1n) is 8.69. The van der Waals surface area contributed by atoms with Crippen LogP contribution in [0.4, 0.5) is 0 Å². The van der Waals surface area contributed by atoms with Crippen LogP contribution in [0.15, 0.2) is 24.3 Å². The average molecular weight is 332 g/mol. The number of nitrogens with one attached hydrogen (secondary N) is 1. The van der Waals surface area contributed by atoms with Gasteiger partial charge in [-0.15, -0.1) is 0 Å². The number of carbonyl (C=O) groups is 2. The van der Waals surface area contributed by atoms with Gasteiger partial charge in [-0.3, -0.25) is 14.5 Å². The van der Waals surface area contributed by atoms with Gasteiger partial charge in [0, 0.05) is 38.0 Å². The smallest absolute Gasteiger partial charge is 0.303 e. The summed E-state index contributed by atoms with van der Waals surface area (Å²) >= 11 is 0. The van der Waals surface area contributed by atoms with Crippen molar-refractivity contribution in [2.45, 2.75) is 58.0 Å². The molecule has 2 rings (SSSR count). The van der Waals surface area contributed by atoms with Crippen LogP contribution in [0, 0.1) is 0 Å². The van der Waals surface area contributed by atoms with Gasteiger partial charge in [0.25, 0.3) is 0 Å². The Morgan fingerprint density at radius 1 is 1.17 bits per heavy atom. The van der Waals surface area contributed by atoms with E-state index in [1.807, 2.05) is 0 Å². The molecular formula is C19H28N2O3. The van der Waals surface area contributed by atoms with Crippen molar-refractivity contribution in [1.82, 2.24) is 10.2 Å². The molecule has 0 radical (unpaired) electrons. The van der Waals surface area contributed by atoms with E-state index in [2.05, 4.69) is 48.3 Å². The number of carboxylic acid groups (broad SMARTS) is 1. The van der Waals surface area contributed by atoms with Crippen LogP contribution in [-0.2, 0) is 22.6 Å². The molecule has 0 unspecified atom stereocenters. The van der Waals surface area contributed by atoms with E-state index in [4.69, 9.17) is 5.11 Å². The lowest BCUT2D eigenvalue weighted by molar-refractivity contribution is -0.137. The van der Waals surface area contributed by atoms with Gasteiger partial charge in [-0.25, -0.2) is 0 Å². The Kier molecular flexibility index (Phi) is 6.37. The second-order valence-corrected chi connectivity index (χ2v) is 7.13. The lowest BCUT2D eigenvalue weighted by atomic mass is 9.94. The summed E-state index contributed by atoms with van der Waals surface area (Å²) in [4.78, 5) is 24.8. The lowest BCUT2D eigenvalue weighted by Crippen LogP contribution is -2.53. The third kappa shape index (κ3) is 5.34. The summed E-state index contributed by atoms with van der Waals surface area (Å²) < 4.78 is 0. The molecule has 24 heavy (non-hydrogen) atoms. The normalized spacial score (nSPS) is 14.9. The van der Waals surface area contributed by atoms with Crippen LogP contribution < -0.4 is 5.32 Å². The van der Waals surface area contributed by atoms with Gasteiger partial charge in [-0.2, -0.15) is 0 Å². The zero-order valence-electron chi connectivity index (χ0n) is 14.7. The van der Waals surface area contributed by atoms with Gasteiger partial charge in [0.1, 0.15) is 0 Å². The average Bonchev–Trinajstić information content (AvgIpc) is 2.56. The predicted octanol–water partition coefficient (Wildman–Crippen LogP) is 2.58. The number of amides is 1. The summed E-state index contributed by atoms with van der Waals surface area (Å²) in [7, 11) is 0. The molecule has 1 heterocycles. The van der Waals surface area contributed by atoms with E-state index >= 15 is 0 Å². The summed E-state index contributed by atoms with van der Waals surface area (Å²) in [6.07, 6.45) is 2.74. The monoisotopic (exact) mass is 332 g/mol. The summed E-state index contributed by atoms with van der Waals surface area (Å²) in [5.41, 5.74) is 2.69. The van der Waals surface area contributed by atoms with Crippen molar-refractivity contribution in [3.05, 3.63) is 35.4 Å². The molecule has 1 aliphatic rings. The van der Waals surface area contributed by atoms with Crippen LogP contribution in [0.3, 0.4) is 0 Å². The highest BCUT2D eigenvalue weighted by Gasteiger charge is 2.29. The second kappa shape index (κ2) is 8.29. The number of carboxylic acids is 1. The molecule has 0 spiro atoms. The van der Waals surface area contributed by atoms with Crippen molar-refractivity contribution >= 4 is 11.9 Å². The number of carbonyl (C=O) groups excluding carboxylic acids is 1. The van der Waals surface area contributed by atoms with Gasteiger partial charge >= 0.3 is 5.97 Å². The quantitative estimate of drug-likeness (QED) is 0.718. The van der Waals surface area contributed by atoms with Crippen LogP contribution >= 0.6 is 0 Å². The van der Waals surface area contributed by atoms with Crippen molar-refractivity contribution in [2.24, 2.45) is 0 Å². The number of benzene rings is 1. The number of hydrogen-bond acceptors (Lipinski definition) is 3. The van der Waals surface area contributed by atoms with Gasteiger partial charge < -0.3 is 10.4 Å². The molecule has 1 aromatic carbocycles. The Morgan fingerprint density at radius 2 is 1.83 bits per heavy atom. The van der Waals surface area contributed by atoms with Crippen LogP contribution in [0.2, 0.25) is 0 Å². The van der Waals surface area contributed by atoms with Gasteiger partial charge in [0.2, 0.25) is 5.91 Å². The number of fused-ring (bicyclic) bond motifs is 1. The summed E-state index contributed by atoms with van der Waals surface area (Å²) in [5, 5.41) is 11.6. The zero-order valence-corrected chi connectivity index (χ0v) is 14.7. The van der Waals surface area contributed by atoms with E-state index in [0.717, 1.165) is 19.5 Å². The third-order valence-corrected chi connectivity index (χ3v) is 4.75. The number of unbranched alkanes of at least 4 members (excludes halogenated alkanes) is 1. The fourth-order valence-corrected chi connectivity index (χ4v) is 3.09. The maximum Gasteiger partial charge on any atom is 0.303 e. The minimum absolute atomic E-state index is 0.00544. The maximum atomic E-state index is 11.9. The molecule has 0 aliphatic carbocycles. The first-order valence-corrected chi connectivity index (χ1v) is 8.69. The molecule has 0 saturated carbocycles. The number of nitrogens with zero attached hydrogens (tertiary/aromatic N) is 1. The fourth-order valence-electron chi connectivity index (χ4n) is 3.09. The summed E-state index contributed by atoms with van der Waals surface area (Å²) in [6, 6.07) is 8.54. The molecule has 0 aromatic heterocycles. The zero-order chi connectivity index (χ0) is 17.6. The minimum atomic E-state index is -0.804. The molecule has 0 saturated heterocycles. The summed E-state index contributed by atoms with van der Waals surface area (Å²) in [6.45, 7) is 6.83. The number of hydrogen-bond donors (Lipinski definition) is 2. The van der Waals surface area contributed by atoms with Gasteiger partial charge in [0.15, 0.2) is 0 Å². The molecule has 2 N–H and O–H groups in total. The largest absolute Gasteiger partial charge is 0.481 e. The highest BCUT2D eigenvalue weighted by molar-refractivity contribution is 5.76. The molecule has 0 atom stereocenters. The van der Waals surface area contributed by atoms with Gasteiger partial charge in [-0.1, -0.05) is 24.3 Å². The van der Waals surface area contributed by atoms with Crippen molar-refractivity contribution in [1.29, 1.82) is 0 Å². The molecule has 0 fully saturated rings. The Hall–Kier alpha value is -1.88. The number of rotatable bonds is 8. The summed E-state index contributed by atoms with van der Waals surface area (Å²) in [5.74, 6) is -0.798. The Bertz CT molecular complexity index is 584. The van der Waals surface area contributed by atoms with Crippen LogP contribution in [0.1, 0.15) is 50.7 Å². The molecule has 1 amide bonds. The van der Waals surface area contributed by atoms with E-state index in [1.54, 1.807) is 0 Å². The lowest BCUT2D eigenvalue weighted by Gasteiger charge is -2.41. The molecule has 132 valence electrons. The van der Waals surface area contributed by atoms with E-state index < -0.39 is 5.97 Å². The van der Waals surface area contributed by atoms with Crippen LogP contribution in [-0.4, -0.2) is 40.5 Å².